The molecule has 7 heteroatoms. The molecule has 0 unspecified atom stereocenters. The van der Waals surface area contributed by atoms with Crippen molar-refractivity contribution in [2.24, 2.45) is 0 Å². The SMILES string of the molecule is O=[N+]([O-])c1ccc(CNc2cccc(-n3cccn3)c2)o1. The van der Waals surface area contributed by atoms with Gasteiger partial charge in [-0.05, 0) is 30.3 Å². The summed E-state index contributed by atoms with van der Waals surface area (Å²) in [4.78, 5) is 9.99. The van der Waals surface area contributed by atoms with E-state index in [9.17, 15) is 10.1 Å². The van der Waals surface area contributed by atoms with Gasteiger partial charge in [0.05, 0.1) is 18.3 Å². The van der Waals surface area contributed by atoms with E-state index in [1.54, 1.807) is 16.9 Å². The Morgan fingerprint density at radius 2 is 2.19 bits per heavy atom. The van der Waals surface area contributed by atoms with Crippen LogP contribution in [0.15, 0.2) is 59.3 Å². The van der Waals surface area contributed by atoms with E-state index < -0.39 is 4.92 Å². The Bertz CT molecular complexity index is 749. The minimum absolute atomic E-state index is 0.253. The molecule has 0 saturated heterocycles. The normalized spacial score (nSPS) is 10.5. The lowest BCUT2D eigenvalue weighted by molar-refractivity contribution is -0.402. The van der Waals surface area contributed by atoms with Crippen LogP contribution in [-0.2, 0) is 6.54 Å². The summed E-state index contributed by atoms with van der Waals surface area (Å²) in [6.45, 7) is 0.371. The van der Waals surface area contributed by atoms with Gasteiger partial charge in [-0.1, -0.05) is 6.07 Å². The van der Waals surface area contributed by atoms with E-state index in [-0.39, 0.29) is 5.88 Å². The molecule has 2 aromatic heterocycles. The number of hydrogen-bond donors (Lipinski definition) is 1. The zero-order valence-corrected chi connectivity index (χ0v) is 11.0. The Kier molecular flexibility index (Phi) is 3.38. The van der Waals surface area contributed by atoms with E-state index >= 15 is 0 Å². The van der Waals surface area contributed by atoms with Crippen LogP contribution < -0.4 is 5.32 Å². The monoisotopic (exact) mass is 284 g/mol. The van der Waals surface area contributed by atoms with E-state index in [4.69, 9.17) is 4.42 Å². The van der Waals surface area contributed by atoms with Crippen LogP contribution in [0.4, 0.5) is 11.6 Å². The van der Waals surface area contributed by atoms with Gasteiger partial charge >= 0.3 is 5.88 Å². The van der Waals surface area contributed by atoms with Gasteiger partial charge in [-0.15, -0.1) is 0 Å². The molecule has 0 aliphatic rings. The van der Waals surface area contributed by atoms with Crippen LogP contribution >= 0.6 is 0 Å². The highest BCUT2D eigenvalue weighted by Gasteiger charge is 2.11. The standard InChI is InChI=1S/C14H12N4O3/c19-18(20)14-6-5-13(21-14)10-15-11-3-1-4-12(9-11)17-8-2-7-16-17/h1-9,15H,10H2. The summed E-state index contributed by atoms with van der Waals surface area (Å²) in [5.41, 5.74) is 1.80. The third kappa shape index (κ3) is 2.92. The van der Waals surface area contributed by atoms with Crippen LogP contribution in [0.2, 0.25) is 0 Å². The van der Waals surface area contributed by atoms with Gasteiger partial charge in [0.1, 0.15) is 10.7 Å². The summed E-state index contributed by atoms with van der Waals surface area (Å²) in [7, 11) is 0. The average Bonchev–Trinajstić information content (AvgIpc) is 3.17. The van der Waals surface area contributed by atoms with Crippen LogP contribution in [0, 0.1) is 10.1 Å². The minimum atomic E-state index is -0.554. The fourth-order valence-electron chi connectivity index (χ4n) is 1.93. The van der Waals surface area contributed by atoms with Gasteiger partial charge in [-0.25, -0.2) is 4.68 Å². The fourth-order valence-corrected chi connectivity index (χ4v) is 1.93. The zero-order valence-electron chi connectivity index (χ0n) is 11.0. The lowest BCUT2D eigenvalue weighted by Crippen LogP contribution is -2.00. The fraction of sp³-hybridized carbons (Fsp3) is 0.0714. The van der Waals surface area contributed by atoms with Gasteiger partial charge in [0.25, 0.3) is 0 Å². The predicted octanol–water partition coefficient (Wildman–Crippen LogP) is 2.99. The van der Waals surface area contributed by atoms with Crippen molar-refractivity contribution in [2.45, 2.75) is 6.54 Å². The first-order valence-electron chi connectivity index (χ1n) is 6.29. The molecule has 3 aromatic rings. The molecule has 0 bridgehead atoms. The molecule has 0 amide bonds. The number of nitro groups is 1. The molecule has 1 aromatic carbocycles. The van der Waals surface area contributed by atoms with Gasteiger partial charge in [0, 0.05) is 18.1 Å². The van der Waals surface area contributed by atoms with Crippen LogP contribution in [-0.4, -0.2) is 14.7 Å². The first kappa shape index (κ1) is 12.9. The maximum absolute atomic E-state index is 10.5. The molecule has 7 nitrogen and oxygen atoms in total. The van der Waals surface area contributed by atoms with Crippen molar-refractivity contribution < 1.29 is 9.34 Å². The van der Waals surface area contributed by atoms with Crippen molar-refractivity contribution in [3.63, 3.8) is 0 Å². The number of furan rings is 1. The predicted molar refractivity (Wildman–Crippen MR) is 76.3 cm³/mol. The van der Waals surface area contributed by atoms with Gasteiger partial charge in [-0.3, -0.25) is 10.1 Å². The third-order valence-corrected chi connectivity index (χ3v) is 2.91. The molecular formula is C14H12N4O3. The van der Waals surface area contributed by atoms with E-state index in [0.717, 1.165) is 11.4 Å². The summed E-state index contributed by atoms with van der Waals surface area (Å²) in [5.74, 6) is 0.253. The molecule has 0 atom stereocenters. The molecule has 0 fully saturated rings. The topological polar surface area (TPSA) is 86.1 Å². The third-order valence-electron chi connectivity index (χ3n) is 2.91. The van der Waals surface area contributed by atoms with Crippen molar-refractivity contribution in [2.75, 3.05) is 5.32 Å². The maximum Gasteiger partial charge on any atom is 0.433 e. The Labute approximate surface area is 120 Å². The Morgan fingerprint density at radius 1 is 1.29 bits per heavy atom. The van der Waals surface area contributed by atoms with Gasteiger partial charge in [-0.2, -0.15) is 5.10 Å². The molecule has 106 valence electrons. The lowest BCUT2D eigenvalue weighted by atomic mass is 10.2. The largest absolute Gasteiger partial charge is 0.433 e. The maximum atomic E-state index is 10.5. The highest BCUT2D eigenvalue weighted by molar-refractivity contribution is 5.50. The molecule has 0 radical (unpaired) electrons. The number of nitrogens with one attached hydrogen (secondary N) is 1. The summed E-state index contributed by atoms with van der Waals surface area (Å²) in [6.07, 6.45) is 3.57. The van der Waals surface area contributed by atoms with E-state index in [2.05, 4.69) is 10.4 Å². The summed E-state index contributed by atoms with van der Waals surface area (Å²) < 4.78 is 6.84. The lowest BCUT2D eigenvalue weighted by Gasteiger charge is -2.07. The van der Waals surface area contributed by atoms with Crippen LogP contribution in [0.25, 0.3) is 5.69 Å². The summed E-state index contributed by atoms with van der Waals surface area (Å²) >= 11 is 0. The molecule has 21 heavy (non-hydrogen) atoms. The average molecular weight is 284 g/mol. The van der Waals surface area contributed by atoms with Crippen LogP contribution in [0.1, 0.15) is 5.76 Å². The summed E-state index contributed by atoms with van der Waals surface area (Å²) in [6, 6.07) is 12.5. The number of rotatable bonds is 5. The molecule has 0 spiro atoms. The molecule has 3 rings (SSSR count). The minimum Gasteiger partial charge on any atom is -0.404 e. The second-order valence-electron chi connectivity index (χ2n) is 4.35. The van der Waals surface area contributed by atoms with Crippen molar-refractivity contribution in [3.8, 4) is 5.69 Å². The Hall–Kier alpha value is -3.09. The Morgan fingerprint density at radius 3 is 2.90 bits per heavy atom. The molecule has 0 saturated carbocycles. The second kappa shape index (κ2) is 5.49. The van der Waals surface area contributed by atoms with E-state index in [1.807, 2.05) is 36.5 Å². The van der Waals surface area contributed by atoms with E-state index in [0.29, 0.717) is 12.3 Å². The molecular weight excluding hydrogens is 272 g/mol. The molecule has 0 aliphatic heterocycles. The quantitative estimate of drug-likeness (QED) is 0.575. The van der Waals surface area contributed by atoms with Crippen molar-refractivity contribution >= 4 is 11.6 Å². The van der Waals surface area contributed by atoms with Crippen LogP contribution in [0.3, 0.4) is 0 Å². The highest BCUT2D eigenvalue weighted by atomic mass is 16.6. The number of hydrogen-bond acceptors (Lipinski definition) is 5. The smallest absolute Gasteiger partial charge is 0.404 e. The van der Waals surface area contributed by atoms with Gasteiger partial charge in [0.2, 0.25) is 0 Å². The number of nitrogens with zero attached hydrogens (tertiary/aromatic N) is 3. The first-order chi connectivity index (χ1) is 10.2. The van der Waals surface area contributed by atoms with E-state index in [1.165, 1.54) is 6.07 Å². The molecule has 0 aliphatic carbocycles. The molecule has 1 N–H and O–H groups in total. The number of benzene rings is 1. The van der Waals surface area contributed by atoms with Gasteiger partial charge < -0.3 is 9.73 Å². The zero-order chi connectivity index (χ0) is 14.7. The highest BCUT2D eigenvalue weighted by Crippen LogP contribution is 2.18. The van der Waals surface area contributed by atoms with Crippen molar-refractivity contribution in [3.05, 3.63) is 70.7 Å². The first-order valence-corrected chi connectivity index (χ1v) is 6.29. The molecule has 2 heterocycles. The number of aromatic nitrogens is 2. The Balaban J connectivity index is 1.70. The van der Waals surface area contributed by atoms with Crippen molar-refractivity contribution in [1.29, 1.82) is 0 Å². The second-order valence-corrected chi connectivity index (χ2v) is 4.35. The summed E-state index contributed by atoms with van der Waals surface area (Å²) in [5, 5.41) is 17.9. The van der Waals surface area contributed by atoms with Crippen LogP contribution in [0.5, 0.6) is 0 Å². The number of anilines is 1. The van der Waals surface area contributed by atoms with Gasteiger partial charge in [0.15, 0.2) is 0 Å². The van der Waals surface area contributed by atoms with Crippen molar-refractivity contribution in [1.82, 2.24) is 9.78 Å².